The van der Waals surface area contributed by atoms with Crippen molar-refractivity contribution in [2.45, 2.75) is 38.7 Å². The second kappa shape index (κ2) is 7.32. The monoisotopic (exact) mass is 156 g/mol. The van der Waals surface area contributed by atoms with Crippen molar-refractivity contribution in [3.05, 3.63) is 12.7 Å². The number of ether oxygens (including phenoxy) is 1. The summed E-state index contributed by atoms with van der Waals surface area (Å²) in [5.74, 6) is 0. The third-order valence-electron chi connectivity index (χ3n) is 1.59. The maximum atomic E-state index is 9.94. The number of unbranched alkanes of at least 4 members (excludes halogenated alkanes) is 2. The Balaban J connectivity index is 3.35. The first-order valence-corrected chi connectivity index (χ1v) is 4.06. The third-order valence-corrected chi connectivity index (χ3v) is 1.59. The molecule has 1 atom stereocenters. The van der Waals surface area contributed by atoms with Gasteiger partial charge in [-0.25, -0.2) is 0 Å². The number of carbonyl (C=O) groups is 1. The third kappa shape index (κ3) is 5.64. The van der Waals surface area contributed by atoms with Crippen LogP contribution in [0.5, 0.6) is 0 Å². The quantitative estimate of drug-likeness (QED) is 0.321. The summed E-state index contributed by atoms with van der Waals surface area (Å²) in [4.78, 5) is 9.94. The average molecular weight is 156 g/mol. The first-order valence-electron chi connectivity index (χ1n) is 4.06. The second-order valence-corrected chi connectivity index (χ2v) is 2.50. The lowest BCUT2D eigenvalue weighted by atomic mass is 10.1. The van der Waals surface area contributed by atoms with E-state index in [2.05, 4.69) is 13.5 Å². The van der Waals surface area contributed by atoms with Crippen LogP contribution in [0.15, 0.2) is 12.7 Å². The molecule has 0 aromatic carbocycles. The highest BCUT2D eigenvalue weighted by Crippen LogP contribution is 2.06. The number of hydrogen-bond donors (Lipinski definition) is 0. The molecule has 0 rings (SSSR count). The molecule has 0 spiro atoms. The van der Waals surface area contributed by atoms with Gasteiger partial charge in [0.15, 0.2) is 0 Å². The summed E-state index contributed by atoms with van der Waals surface area (Å²) in [6.07, 6.45) is 5.96. The van der Waals surface area contributed by atoms with Gasteiger partial charge in [0.05, 0.1) is 0 Å². The molecule has 64 valence electrons. The van der Waals surface area contributed by atoms with Gasteiger partial charge in [0.2, 0.25) is 0 Å². The molecule has 0 amide bonds. The van der Waals surface area contributed by atoms with Gasteiger partial charge in [-0.3, -0.25) is 4.79 Å². The van der Waals surface area contributed by atoms with Crippen molar-refractivity contribution >= 4 is 6.47 Å². The summed E-state index contributed by atoms with van der Waals surface area (Å²) in [6, 6.07) is 0. The molecule has 0 heterocycles. The lowest BCUT2D eigenvalue weighted by Gasteiger charge is -2.08. The zero-order chi connectivity index (χ0) is 8.53. The molecule has 0 N–H and O–H groups in total. The van der Waals surface area contributed by atoms with Crippen LogP contribution in [-0.4, -0.2) is 12.6 Å². The Morgan fingerprint density at radius 1 is 1.55 bits per heavy atom. The minimum atomic E-state index is -0.0842. The Morgan fingerprint density at radius 3 is 2.73 bits per heavy atom. The molecule has 0 fully saturated rings. The molecule has 0 aliphatic heterocycles. The van der Waals surface area contributed by atoms with Crippen molar-refractivity contribution in [1.29, 1.82) is 0 Å². The molecule has 0 aliphatic rings. The van der Waals surface area contributed by atoms with Crippen molar-refractivity contribution in [3.63, 3.8) is 0 Å². The lowest BCUT2D eigenvalue weighted by Crippen LogP contribution is -2.07. The topological polar surface area (TPSA) is 26.3 Å². The van der Waals surface area contributed by atoms with E-state index in [1.54, 1.807) is 6.08 Å². The fourth-order valence-electron chi connectivity index (χ4n) is 0.908. The summed E-state index contributed by atoms with van der Waals surface area (Å²) in [5.41, 5.74) is 0. The number of hydrogen-bond acceptors (Lipinski definition) is 2. The van der Waals surface area contributed by atoms with Crippen LogP contribution in [0.25, 0.3) is 0 Å². The normalized spacial score (nSPS) is 12.1. The highest BCUT2D eigenvalue weighted by Gasteiger charge is 2.01. The van der Waals surface area contributed by atoms with Crippen LogP contribution in [0.4, 0.5) is 0 Å². The first kappa shape index (κ1) is 10.2. The summed E-state index contributed by atoms with van der Waals surface area (Å²) >= 11 is 0. The van der Waals surface area contributed by atoms with Gasteiger partial charge in [-0.1, -0.05) is 32.4 Å². The minimum absolute atomic E-state index is 0.0842. The number of rotatable bonds is 7. The van der Waals surface area contributed by atoms with E-state index in [4.69, 9.17) is 4.74 Å². The Hall–Kier alpha value is -0.790. The Kier molecular flexibility index (Phi) is 6.79. The van der Waals surface area contributed by atoms with Gasteiger partial charge in [0.1, 0.15) is 6.10 Å². The minimum Gasteiger partial charge on any atom is -0.460 e. The van der Waals surface area contributed by atoms with Crippen LogP contribution in [-0.2, 0) is 9.53 Å². The summed E-state index contributed by atoms with van der Waals surface area (Å²) in [5, 5.41) is 0. The van der Waals surface area contributed by atoms with Crippen LogP contribution in [0.1, 0.15) is 32.6 Å². The Labute approximate surface area is 68.2 Å². The predicted molar refractivity (Wildman–Crippen MR) is 45.3 cm³/mol. The van der Waals surface area contributed by atoms with E-state index < -0.39 is 0 Å². The molecule has 0 aliphatic carbocycles. The molecule has 0 saturated heterocycles. The summed E-state index contributed by atoms with van der Waals surface area (Å²) < 4.78 is 4.74. The molecule has 0 bridgehead atoms. The van der Waals surface area contributed by atoms with E-state index in [1.165, 1.54) is 12.8 Å². The summed E-state index contributed by atoms with van der Waals surface area (Å²) in [6.45, 7) is 6.20. The molecular formula is C9H16O2. The number of carbonyl (C=O) groups excluding carboxylic acids is 1. The van der Waals surface area contributed by atoms with Gasteiger partial charge in [0, 0.05) is 0 Å². The zero-order valence-corrected chi connectivity index (χ0v) is 7.08. The molecule has 0 radical (unpaired) electrons. The van der Waals surface area contributed by atoms with E-state index in [1.807, 2.05) is 0 Å². The standard InChI is InChI=1S/C9H16O2/c1-3-5-6-7-9(4-2)11-8-10/h4,8-9H,2-3,5-7H2,1H3. The van der Waals surface area contributed by atoms with E-state index in [0.717, 1.165) is 12.8 Å². The van der Waals surface area contributed by atoms with E-state index >= 15 is 0 Å². The van der Waals surface area contributed by atoms with Crippen molar-refractivity contribution < 1.29 is 9.53 Å². The van der Waals surface area contributed by atoms with E-state index in [-0.39, 0.29) is 6.10 Å². The van der Waals surface area contributed by atoms with Crippen molar-refractivity contribution in [1.82, 2.24) is 0 Å². The van der Waals surface area contributed by atoms with Gasteiger partial charge >= 0.3 is 0 Å². The summed E-state index contributed by atoms with van der Waals surface area (Å²) in [7, 11) is 0. The van der Waals surface area contributed by atoms with Crippen LogP contribution in [0.2, 0.25) is 0 Å². The van der Waals surface area contributed by atoms with Crippen LogP contribution >= 0.6 is 0 Å². The predicted octanol–water partition coefficient (Wildman–Crippen LogP) is 2.29. The molecular weight excluding hydrogens is 140 g/mol. The van der Waals surface area contributed by atoms with Gasteiger partial charge in [-0.05, 0) is 12.8 Å². The SMILES string of the molecule is C=CC(CCCCC)OC=O. The molecule has 2 heteroatoms. The van der Waals surface area contributed by atoms with Crippen molar-refractivity contribution in [3.8, 4) is 0 Å². The smallest absolute Gasteiger partial charge is 0.293 e. The molecule has 0 aromatic rings. The Bertz CT molecular complexity index is 110. The zero-order valence-electron chi connectivity index (χ0n) is 7.08. The van der Waals surface area contributed by atoms with E-state index in [0.29, 0.717) is 6.47 Å². The maximum Gasteiger partial charge on any atom is 0.293 e. The largest absolute Gasteiger partial charge is 0.460 e. The second-order valence-electron chi connectivity index (χ2n) is 2.50. The van der Waals surface area contributed by atoms with Gasteiger partial charge < -0.3 is 4.74 Å². The maximum absolute atomic E-state index is 9.94. The van der Waals surface area contributed by atoms with Crippen LogP contribution < -0.4 is 0 Å². The van der Waals surface area contributed by atoms with Gasteiger partial charge in [-0.2, -0.15) is 0 Å². The lowest BCUT2D eigenvalue weighted by molar-refractivity contribution is -0.131. The highest BCUT2D eigenvalue weighted by molar-refractivity contribution is 5.37. The molecule has 2 nitrogen and oxygen atoms in total. The van der Waals surface area contributed by atoms with Gasteiger partial charge in [0.25, 0.3) is 6.47 Å². The molecule has 0 saturated carbocycles. The van der Waals surface area contributed by atoms with Crippen molar-refractivity contribution in [2.24, 2.45) is 0 Å². The first-order chi connectivity index (χ1) is 5.35. The van der Waals surface area contributed by atoms with Crippen LogP contribution in [0.3, 0.4) is 0 Å². The average Bonchev–Trinajstić information content (AvgIpc) is 2.03. The molecule has 1 unspecified atom stereocenters. The van der Waals surface area contributed by atoms with E-state index in [9.17, 15) is 4.79 Å². The Morgan fingerprint density at radius 2 is 2.27 bits per heavy atom. The molecule has 11 heavy (non-hydrogen) atoms. The molecule has 0 aromatic heterocycles. The highest BCUT2D eigenvalue weighted by atomic mass is 16.5. The van der Waals surface area contributed by atoms with Crippen molar-refractivity contribution in [2.75, 3.05) is 0 Å². The fraction of sp³-hybridized carbons (Fsp3) is 0.667. The van der Waals surface area contributed by atoms with Gasteiger partial charge in [-0.15, -0.1) is 0 Å². The fourth-order valence-corrected chi connectivity index (χ4v) is 0.908. The van der Waals surface area contributed by atoms with Crippen LogP contribution in [0, 0.1) is 0 Å².